The minimum Gasteiger partial charge on any atom is -0.469 e. The van der Waals surface area contributed by atoms with E-state index in [1.54, 1.807) is 11.9 Å². The molecule has 114 valence electrons. The summed E-state index contributed by atoms with van der Waals surface area (Å²) < 4.78 is 4.59. The summed E-state index contributed by atoms with van der Waals surface area (Å²) in [5.41, 5.74) is 3.23. The Hall–Kier alpha value is -1.88. The lowest BCUT2D eigenvalue weighted by molar-refractivity contribution is -0.140. The van der Waals surface area contributed by atoms with Crippen molar-refractivity contribution >= 4 is 11.9 Å². The lowest BCUT2D eigenvalue weighted by atomic mass is 9.98. The Bertz CT molecular complexity index is 528. The number of hydrogen-bond acceptors (Lipinski definition) is 4. The van der Waals surface area contributed by atoms with Crippen LogP contribution in [0.4, 0.5) is 0 Å². The molecule has 1 aliphatic heterocycles. The van der Waals surface area contributed by atoms with Gasteiger partial charge in [0.05, 0.1) is 7.11 Å². The molecule has 5 nitrogen and oxygen atoms in total. The molecular weight excluding hydrogens is 268 g/mol. The number of carbonyl (C=O) groups excluding carboxylic acids is 2. The molecule has 0 bridgehead atoms. The van der Waals surface area contributed by atoms with Crippen LogP contribution in [0.15, 0.2) is 18.2 Å². The van der Waals surface area contributed by atoms with Gasteiger partial charge in [0.15, 0.2) is 0 Å². The largest absolute Gasteiger partial charge is 0.469 e. The van der Waals surface area contributed by atoms with E-state index in [4.69, 9.17) is 0 Å². The van der Waals surface area contributed by atoms with Gasteiger partial charge in [0.2, 0.25) is 0 Å². The summed E-state index contributed by atoms with van der Waals surface area (Å²) in [4.78, 5) is 25.1. The van der Waals surface area contributed by atoms with Gasteiger partial charge in [0.1, 0.15) is 0 Å². The number of nitrogens with one attached hydrogen (secondary N) is 1. The normalized spacial score (nSPS) is 13.4. The average molecular weight is 290 g/mol. The lowest BCUT2D eigenvalue weighted by Gasteiger charge is -2.20. The first kappa shape index (κ1) is 15.5. The second kappa shape index (κ2) is 7.22. The maximum absolute atomic E-state index is 12.4. The topological polar surface area (TPSA) is 58.6 Å². The van der Waals surface area contributed by atoms with Crippen molar-refractivity contribution in [3.05, 3.63) is 34.9 Å². The van der Waals surface area contributed by atoms with Crippen molar-refractivity contribution in [3.8, 4) is 0 Å². The molecule has 0 saturated carbocycles. The second-order valence-electron chi connectivity index (χ2n) is 5.32. The molecule has 1 heterocycles. The Kier molecular flexibility index (Phi) is 5.33. The molecular formula is C16H22N2O3. The first-order valence-electron chi connectivity index (χ1n) is 7.26. The molecule has 0 aliphatic carbocycles. The number of fused-ring (bicyclic) bond motifs is 1. The van der Waals surface area contributed by atoms with Crippen LogP contribution in [0, 0.1) is 0 Å². The highest BCUT2D eigenvalue weighted by molar-refractivity contribution is 5.94. The monoisotopic (exact) mass is 290 g/mol. The third-order valence-corrected chi connectivity index (χ3v) is 3.79. The first-order chi connectivity index (χ1) is 10.1. The van der Waals surface area contributed by atoms with E-state index < -0.39 is 0 Å². The Morgan fingerprint density at radius 3 is 2.90 bits per heavy atom. The maximum Gasteiger partial charge on any atom is 0.305 e. The van der Waals surface area contributed by atoms with Gasteiger partial charge in [-0.1, -0.05) is 6.07 Å². The predicted molar refractivity (Wildman–Crippen MR) is 80.1 cm³/mol. The van der Waals surface area contributed by atoms with Gasteiger partial charge in [-0.3, -0.25) is 9.59 Å². The van der Waals surface area contributed by atoms with Crippen molar-refractivity contribution in [3.63, 3.8) is 0 Å². The first-order valence-corrected chi connectivity index (χ1v) is 7.26. The van der Waals surface area contributed by atoms with Crippen molar-refractivity contribution in [2.75, 3.05) is 27.2 Å². The molecule has 5 heteroatoms. The number of hydrogen-bond donors (Lipinski definition) is 1. The van der Waals surface area contributed by atoms with E-state index in [2.05, 4.69) is 10.1 Å². The molecule has 0 unspecified atom stereocenters. The van der Waals surface area contributed by atoms with Crippen LogP contribution >= 0.6 is 0 Å². The predicted octanol–water partition coefficient (Wildman–Crippen LogP) is 1.36. The number of amides is 1. The molecule has 2 rings (SSSR count). The SMILES string of the molecule is COC(=O)CCCN(C)C(=O)c1ccc2c(c1)CNCC2. The Morgan fingerprint density at radius 2 is 2.14 bits per heavy atom. The third-order valence-electron chi connectivity index (χ3n) is 3.79. The van der Waals surface area contributed by atoms with Gasteiger partial charge in [0.25, 0.3) is 5.91 Å². The molecule has 0 fully saturated rings. The minimum atomic E-state index is -0.240. The van der Waals surface area contributed by atoms with Crippen molar-refractivity contribution in [2.45, 2.75) is 25.8 Å². The standard InChI is InChI=1S/C16H22N2O3/c1-18(9-3-4-15(19)21-2)16(20)13-6-5-12-7-8-17-11-14(12)10-13/h5-6,10,17H,3-4,7-9,11H2,1-2H3. The molecule has 1 aliphatic rings. The molecule has 0 radical (unpaired) electrons. The fraction of sp³-hybridized carbons (Fsp3) is 0.500. The van der Waals surface area contributed by atoms with Gasteiger partial charge in [-0.2, -0.15) is 0 Å². The molecule has 0 aromatic heterocycles. The van der Waals surface area contributed by atoms with Crippen LogP contribution in [0.25, 0.3) is 0 Å². The number of nitrogens with zero attached hydrogens (tertiary/aromatic N) is 1. The highest BCUT2D eigenvalue weighted by Crippen LogP contribution is 2.17. The molecule has 0 atom stereocenters. The van der Waals surface area contributed by atoms with Crippen LogP contribution in [0.3, 0.4) is 0 Å². The average Bonchev–Trinajstić information content (AvgIpc) is 2.53. The van der Waals surface area contributed by atoms with Crippen molar-refractivity contribution in [1.82, 2.24) is 10.2 Å². The van der Waals surface area contributed by atoms with E-state index in [1.165, 1.54) is 18.2 Å². The summed E-state index contributed by atoms with van der Waals surface area (Å²) >= 11 is 0. The lowest BCUT2D eigenvalue weighted by Crippen LogP contribution is -2.29. The fourth-order valence-electron chi connectivity index (χ4n) is 2.50. The van der Waals surface area contributed by atoms with Crippen LogP contribution in [0.2, 0.25) is 0 Å². The number of ether oxygens (including phenoxy) is 1. The van der Waals surface area contributed by atoms with Crippen molar-refractivity contribution in [2.24, 2.45) is 0 Å². The maximum atomic E-state index is 12.4. The zero-order valence-electron chi connectivity index (χ0n) is 12.6. The van der Waals surface area contributed by atoms with Gasteiger partial charge in [0, 0.05) is 32.1 Å². The van der Waals surface area contributed by atoms with Crippen LogP contribution in [0.1, 0.15) is 34.3 Å². The highest BCUT2D eigenvalue weighted by Gasteiger charge is 2.15. The van der Waals surface area contributed by atoms with Crippen LogP contribution < -0.4 is 5.32 Å². The minimum absolute atomic E-state index is 0.00626. The van der Waals surface area contributed by atoms with Crippen LogP contribution in [0.5, 0.6) is 0 Å². The number of esters is 1. The van der Waals surface area contributed by atoms with Gasteiger partial charge < -0.3 is 15.0 Å². The molecule has 0 saturated heterocycles. The summed E-state index contributed by atoms with van der Waals surface area (Å²) in [6.45, 7) is 2.36. The van der Waals surface area contributed by atoms with E-state index in [0.717, 1.165) is 19.5 Å². The molecule has 1 amide bonds. The summed E-state index contributed by atoms with van der Waals surface area (Å²) in [5, 5.41) is 3.31. The summed E-state index contributed by atoms with van der Waals surface area (Å²) in [7, 11) is 3.13. The molecule has 1 aromatic rings. The number of benzene rings is 1. The van der Waals surface area contributed by atoms with E-state index in [9.17, 15) is 9.59 Å². The van der Waals surface area contributed by atoms with Gasteiger partial charge >= 0.3 is 5.97 Å². The van der Waals surface area contributed by atoms with Gasteiger partial charge in [-0.25, -0.2) is 0 Å². The molecule has 1 aromatic carbocycles. The third kappa shape index (κ3) is 4.04. The summed E-state index contributed by atoms with van der Waals surface area (Å²) in [6, 6.07) is 5.91. The van der Waals surface area contributed by atoms with Gasteiger partial charge in [-0.15, -0.1) is 0 Å². The number of carbonyl (C=O) groups is 2. The van der Waals surface area contributed by atoms with E-state index >= 15 is 0 Å². The highest BCUT2D eigenvalue weighted by atomic mass is 16.5. The van der Waals surface area contributed by atoms with Gasteiger partial charge in [-0.05, 0) is 42.6 Å². The van der Waals surface area contributed by atoms with E-state index in [1.807, 2.05) is 18.2 Å². The number of rotatable bonds is 5. The second-order valence-corrected chi connectivity index (χ2v) is 5.32. The smallest absolute Gasteiger partial charge is 0.305 e. The quantitative estimate of drug-likeness (QED) is 0.832. The van der Waals surface area contributed by atoms with Crippen LogP contribution in [-0.2, 0) is 22.5 Å². The van der Waals surface area contributed by atoms with Crippen LogP contribution in [-0.4, -0.2) is 44.0 Å². The zero-order valence-corrected chi connectivity index (χ0v) is 12.6. The number of methoxy groups -OCH3 is 1. The Labute approximate surface area is 125 Å². The Morgan fingerprint density at radius 1 is 1.33 bits per heavy atom. The van der Waals surface area contributed by atoms with Crippen molar-refractivity contribution in [1.29, 1.82) is 0 Å². The molecule has 1 N–H and O–H groups in total. The summed E-state index contributed by atoms with van der Waals surface area (Å²) in [6.07, 6.45) is 1.96. The Balaban J connectivity index is 1.94. The molecule has 21 heavy (non-hydrogen) atoms. The van der Waals surface area contributed by atoms with E-state index in [-0.39, 0.29) is 11.9 Å². The van der Waals surface area contributed by atoms with E-state index in [0.29, 0.717) is 24.9 Å². The molecule has 0 spiro atoms. The van der Waals surface area contributed by atoms with Crippen molar-refractivity contribution < 1.29 is 14.3 Å². The fourth-order valence-corrected chi connectivity index (χ4v) is 2.50. The zero-order chi connectivity index (χ0) is 15.2. The summed E-state index contributed by atoms with van der Waals surface area (Å²) in [5.74, 6) is -0.246.